The Kier molecular flexibility index (Phi) is 4.96. The molecular weight excluding hydrogens is 410 g/mol. The van der Waals surface area contributed by atoms with Gasteiger partial charge < -0.3 is 10.3 Å². The van der Waals surface area contributed by atoms with Gasteiger partial charge in [0.2, 0.25) is 10.0 Å². The number of carbonyl (C=O) groups excluding carboxylic acids is 3. The highest BCUT2D eigenvalue weighted by Gasteiger charge is 2.37. The first-order valence-corrected chi connectivity index (χ1v) is 10.8. The molecule has 30 heavy (non-hydrogen) atoms. The summed E-state index contributed by atoms with van der Waals surface area (Å²) in [6.45, 7) is 1.24. The van der Waals surface area contributed by atoms with E-state index >= 15 is 0 Å². The van der Waals surface area contributed by atoms with Crippen molar-refractivity contribution in [3.8, 4) is 0 Å². The van der Waals surface area contributed by atoms with Crippen LogP contribution in [0, 0.1) is 0 Å². The van der Waals surface area contributed by atoms with Crippen LogP contribution in [-0.4, -0.2) is 77.7 Å². The van der Waals surface area contributed by atoms with Crippen LogP contribution in [0.2, 0.25) is 0 Å². The smallest absolute Gasteiger partial charge is 0.265 e. The lowest BCUT2D eigenvalue weighted by molar-refractivity contribution is 0.0500. The highest BCUT2D eigenvalue weighted by atomic mass is 32.2. The third kappa shape index (κ3) is 3.30. The van der Waals surface area contributed by atoms with Gasteiger partial charge in [-0.1, -0.05) is 12.1 Å². The minimum Gasteiger partial charge on any atom is -0.364 e. The maximum absolute atomic E-state index is 12.9. The molecule has 0 saturated carbocycles. The van der Waals surface area contributed by atoms with Crippen LogP contribution in [0.3, 0.4) is 0 Å². The zero-order chi connectivity index (χ0) is 21.6. The van der Waals surface area contributed by atoms with Crippen molar-refractivity contribution in [2.24, 2.45) is 12.8 Å². The Hall–Kier alpha value is -3.02. The van der Waals surface area contributed by atoms with Gasteiger partial charge in [-0.3, -0.25) is 24.2 Å². The molecule has 0 unspecified atom stereocenters. The number of carbonyl (C=O) groups is 3. The molecule has 2 aromatic rings. The number of aryl methyl sites for hydroxylation is 1. The summed E-state index contributed by atoms with van der Waals surface area (Å²) in [5.74, 6) is -1.38. The predicted molar refractivity (Wildman–Crippen MR) is 106 cm³/mol. The van der Waals surface area contributed by atoms with Gasteiger partial charge in [0.15, 0.2) is 0 Å². The van der Waals surface area contributed by atoms with Gasteiger partial charge in [-0.15, -0.1) is 0 Å². The summed E-state index contributed by atoms with van der Waals surface area (Å²) >= 11 is 0. The Balaban J connectivity index is 1.42. The number of piperazine rings is 1. The number of aromatic nitrogens is 1. The van der Waals surface area contributed by atoms with Gasteiger partial charge in [-0.2, -0.15) is 4.31 Å². The van der Waals surface area contributed by atoms with Gasteiger partial charge in [0, 0.05) is 39.4 Å². The van der Waals surface area contributed by atoms with Crippen LogP contribution in [0.25, 0.3) is 0 Å². The molecule has 10 nitrogen and oxygen atoms in total. The number of imide groups is 1. The van der Waals surface area contributed by atoms with E-state index in [0.29, 0.717) is 24.2 Å². The molecule has 4 rings (SSSR count). The summed E-state index contributed by atoms with van der Waals surface area (Å²) in [6, 6.07) is 7.94. The number of fused-ring (bicyclic) bond motifs is 1. The number of hydrogen-bond acceptors (Lipinski definition) is 6. The number of primary amides is 1. The fourth-order valence-electron chi connectivity index (χ4n) is 3.75. The Morgan fingerprint density at radius 1 is 1.03 bits per heavy atom. The van der Waals surface area contributed by atoms with Crippen molar-refractivity contribution < 1.29 is 22.8 Å². The molecule has 158 valence electrons. The van der Waals surface area contributed by atoms with Crippen molar-refractivity contribution in [3.63, 3.8) is 0 Å². The average molecular weight is 431 g/mol. The van der Waals surface area contributed by atoms with Crippen LogP contribution < -0.4 is 5.73 Å². The van der Waals surface area contributed by atoms with E-state index in [1.807, 2.05) is 4.90 Å². The normalized spacial score (nSPS) is 18.1. The second-order valence-corrected chi connectivity index (χ2v) is 9.22. The molecule has 1 aromatic heterocycles. The molecular formula is C19H21N5O5S. The second-order valence-electron chi connectivity index (χ2n) is 7.28. The SMILES string of the molecule is Cn1cc(S(=O)(=O)N2CCN(CN3C(=O)c4ccccc4C3=O)CC2)cc1C(N)=O. The average Bonchev–Trinajstić information content (AvgIpc) is 3.23. The molecule has 2 aliphatic heterocycles. The molecule has 1 aromatic carbocycles. The van der Waals surface area contributed by atoms with Gasteiger partial charge >= 0.3 is 0 Å². The molecule has 0 radical (unpaired) electrons. The van der Waals surface area contributed by atoms with E-state index in [2.05, 4.69) is 0 Å². The standard InChI is InChI=1S/C19H21N5O5S/c1-21-11-13(10-16(21)17(20)25)30(28,29)23-8-6-22(7-9-23)12-24-18(26)14-4-2-3-5-15(14)19(24)27/h2-5,10-11H,6-9,12H2,1H3,(H2,20,25). The van der Waals surface area contributed by atoms with E-state index in [-0.39, 0.29) is 42.2 Å². The lowest BCUT2D eigenvalue weighted by atomic mass is 10.1. The van der Waals surface area contributed by atoms with Crippen LogP contribution in [0.1, 0.15) is 31.2 Å². The maximum Gasteiger partial charge on any atom is 0.265 e. The van der Waals surface area contributed by atoms with Gasteiger partial charge in [-0.25, -0.2) is 8.42 Å². The van der Waals surface area contributed by atoms with Crippen LogP contribution >= 0.6 is 0 Å². The first-order valence-electron chi connectivity index (χ1n) is 9.34. The lowest BCUT2D eigenvalue weighted by Gasteiger charge is -2.35. The molecule has 1 saturated heterocycles. The number of rotatable bonds is 5. The molecule has 0 bridgehead atoms. The summed E-state index contributed by atoms with van der Waals surface area (Å²) < 4.78 is 28.5. The maximum atomic E-state index is 12.9. The second kappa shape index (κ2) is 7.35. The molecule has 2 aliphatic rings. The number of nitrogens with two attached hydrogens (primary N) is 1. The summed E-state index contributed by atoms with van der Waals surface area (Å²) in [5.41, 5.74) is 6.15. The number of benzene rings is 1. The Morgan fingerprint density at radius 3 is 2.10 bits per heavy atom. The van der Waals surface area contributed by atoms with Crippen LogP contribution in [0.4, 0.5) is 0 Å². The number of nitrogens with zero attached hydrogens (tertiary/aromatic N) is 4. The van der Waals surface area contributed by atoms with Gasteiger partial charge in [-0.05, 0) is 18.2 Å². The Bertz CT molecular complexity index is 1110. The highest BCUT2D eigenvalue weighted by Crippen LogP contribution is 2.24. The fourth-order valence-corrected chi connectivity index (χ4v) is 5.24. The van der Waals surface area contributed by atoms with E-state index in [9.17, 15) is 22.8 Å². The van der Waals surface area contributed by atoms with E-state index < -0.39 is 15.9 Å². The van der Waals surface area contributed by atoms with Crippen molar-refractivity contribution in [1.29, 1.82) is 0 Å². The lowest BCUT2D eigenvalue weighted by Crippen LogP contribution is -2.52. The van der Waals surface area contributed by atoms with E-state index in [0.717, 1.165) is 0 Å². The Labute approximate surface area is 173 Å². The monoisotopic (exact) mass is 431 g/mol. The van der Waals surface area contributed by atoms with Crippen molar-refractivity contribution in [2.45, 2.75) is 4.90 Å². The van der Waals surface area contributed by atoms with Gasteiger partial charge in [0.05, 0.1) is 17.8 Å². The fraction of sp³-hybridized carbons (Fsp3) is 0.316. The molecule has 0 spiro atoms. The molecule has 0 aliphatic carbocycles. The van der Waals surface area contributed by atoms with E-state index in [1.165, 1.54) is 26.0 Å². The number of hydrogen-bond donors (Lipinski definition) is 1. The van der Waals surface area contributed by atoms with E-state index in [1.54, 1.807) is 31.3 Å². The zero-order valence-electron chi connectivity index (χ0n) is 16.3. The Morgan fingerprint density at radius 2 is 1.60 bits per heavy atom. The quantitative estimate of drug-likeness (QED) is 0.647. The first-order chi connectivity index (χ1) is 14.2. The van der Waals surface area contributed by atoms with E-state index in [4.69, 9.17) is 5.73 Å². The highest BCUT2D eigenvalue weighted by molar-refractivity contribution is 7.89. The number of amides is 3. The van der Waals surface area contributed by atoms with Crippen LogP contribution in [0.5, 0.6) is 0 Å². The minimum absolute atomic E-state index is 0.00704. The van der Waals surface area contributed by atoms with Crippen molar-refractivity contribution >= 4 is 27.7 Å². The minimum atomic E-state index is -3.78. The van der Waals surface area contributed by atoms with Gasteiger partial charge in [0.1, 0.15) is 10.6 Å². The summed E-state index contributed by atoms with van der Waals surface area (Å²) in [5, 5.41) is 0. The van der Waals surface area contributed by atoms with Crippen molar-refractivity contribution in [1.82, 2.24) is 18.7 Å². The molecule has 11 heteroatoms. The summed E-state index contributed by atoms with van der Waals surface area (Å²) in [4.78, 5) is 39.5. The largest absolute Gasteiger partial charge is 0.364 e. The van der Waals surface area contributed by atoms with Gasteiger partial charge in [0.25, 0.3) is 17.7 Å². The van der Waals surface area contributed by atoms with Crippen LogP contribution in [0.15, 0.2) is 41.4 Å². The topological polar surface area (TPSA) is 126 Å². The third-order valence-electron chi connectivity index (χ3n) is 5.42. The van der Waals surface area contributed by atoms with Crippen molar-refractivity contribution in [3.05, 3.63) is 53.3 Å². The third-order valence-corrected chi connectivity index (χ3v) is 7.28. The molecule has 1 fully saturated rings. The summed E-state index contributed by atoms with van der Waals surface area (Å²) in [7, 11) is -2.23. The zero-order valence-corrected chi connectivity index (χ0v) is 17.1. The van der Waals surface area contributed by atoms with Crippen LogP contribution in [-0.2, 0) is 17.1 Å². The predicted octanol–water partition coefficient (Wildman–Crippen LogP) is -0.316. The molecule has 2 N–H and O–H groups in total. The van der Waals surface area contributed by atoms with Crippen molar-refractivity contribution in [2.75, 3.05) is 32.8 Å². The first kappa shape index (κ1) is 20.3. The molecule has 3 heterocycles. The number of sulfonamides is 1. The summed E-state index contributed by atoms with van der Waals surface area (Å²) in [6.07, 6.45) is 1.36. The molecule has 3 amide bonds. The molecule has 0 atom stereocenters.